The maximum atomic E-state index is 12.2. The standard InChI is InChI=1S/C14H19ClN2O3/c1-19-11-12(15)16-9-17(13(11)18)8-10-4-7-14(20-10)5-2-3-6-14/h9-10H,2-8H2,1H3. The Balaban J connectivity index is 1.74. The van der Waals surface area contributed by atoms with E-state index in [9.17, 15) is 4.79 Å². The Morgan fingerprint density at radius 2 is 2.25 bits per heavy atom. The van der Waals surface area contributed by atoms with Crippen molar-refractivity contribution in [3.05, 3.63) is 21.8 Å². The van der Waals surface area contributed by atoms with Gasteiger partial charge < -0.3 is 9.47 Å². The first kappa shape index (κ1) is 13.9. The van der Waals surface area contributed by atoms with Crippen molar-refractivity contribution < 1.29 is 9.47 Å². The second-order valence-electron chi connectivity index (χ2n) is 5.69. The number of ether oxygens (including phenoxy) is 2. The van der Waals surface area contributed by atoms with Crippen LogP contribution in [0.25, 0.3) is 0 Å². The second-order valence-corrected chi connectivity index (χ2v) is 6.05. The molecule has 2 heterocycles. The Morgan fingerprint density at radius 3 is 2.95 bits per heavy atom. The van der Waals surface area contributed by atoms with Gasteiger partial charge in [-0.15, -0.1) is 0 Å². The van der Waals surface area contributed by atoms with Crippen molar-refractivity contribution in [1.82, 2.24) is 9.55 Å². The van der Waals surface area contributed by atoms with Gasteiger partial charge in [-0.1, -0.05) is 24.4 Å². The SMILES string of the molecule is COc1c(Cl)ncn(CC2CCC3(CCCC3)O2)c1=O. The minimum atomic E-state index is -0.247. The lowest BCUT2D eigenvalue weighted by Gasteiger charge is -2.24. The highest BCUT2D eigenvalue weighted by atomic mass is 35.5. The topological polar surface area (TPSA) is 53.4 Å². The van der Waals surface area contributed by atoms with Gasteiger partial charge in [0.15, 0.2) is 5.15 Å². The van der Waals surface area contributed by atoms with E-state index in [1.54, 1.807) is 0 Å². The second kappa shape index (κ2) is 5.37. The average molecular weight is 299 g/mol. The van der Waals surface area contributed by atoms with E-state index in [-0.39, 0.29) is 28.2 Å². The van der Waals surface area contributed by atoms with Gasteiger partial charge >= 0.3 is 0 Å². The molecule has 6 heteroatoms. The van der Waals surface area contributed by atoms with Crippen molar-refractivity contribution in [3.8, 4) is 5.75 Å². The van der Waals surface area contributed by atoms with Gasteiger partial charge in [-0.3, -0.25) is 9.36 Å². The fourth-order valence-electron chi connectivity index (χ4n) is 3.38. The summed E-state index contributed by atoms with van der Waals surface area (Å²) in [6, 6.07) is 0. The van der Waals surface area contributed by atoms with E-state index in [2.05, 4.69) is 4.98 Å². The van der Waals surface area contributed by atoms with E-state index >= 15 is 0 Å². The molecule has 3 rings (SSSR count). The predicted molar refractivity (Wildman–Crippen MR) is 75.4 cm³/mol. The summed E-state index contributed by atoms with van der Waals surface area (Å²) < 4.78 is 12.7. The van der Waals surface area contributed by atoms with Gasteiger partial charge in [-0.2, -0.15) is 0 Å². The first-order valence-electron chi connectivity index (χ1n) is 7.10. The Morgan fingerprint density at radius 1 is 1.50 bits per heavy atom. The van der Waals surface area contributed by atoms with Gasteiger partial charge in [-0.25, -0.2) is 4.98 Å². The molecular weight excluding hydrogens is 280 g/mol. The third kappa shape index (κ3) is 2.44. The van der Waals surface area contributed by atoms with E-state index < -0.39 is 0 Å². The molecular formula is C14H19ClN2O3. The summed E-state index contributed by atoms with van der Waals surface area (Å²) >= 11 is 5.84. The maximum Gasteiger partial charge on any atom is 0.297 e. The highest BCUT2D eigenvalue weighted by Gasteiger charge is 2.42. The molecule has 110 valence electrons. The van der Waals surface area contributed by atoms with Gasteiger partial charge in [0.05, 0.1) is 31.7 Å². The van der Waals surface area contributed by atoms with Crippen molar-refractivity contribution in [3.63, 3.8) is 0 Å². The van der Waals surface area contributed by atoms with Crippen LogP contribution in [0.4, 0.5) is 0 Å². The fraction of sp³-hybridized carbons (Fsp3) is 0.714. The van der Waals surface area contributed by atoms with Crippen molar-refractivity contribution in [1.29, 1.82) is 0 Å². The minimum absolute atomic E-state index is 0.0816. The number of methoxy groups -OCH3 is 1. The molecule has 1 saturated heterocycles. The van der Waals surface area contributed by atoms with Gasteiger partial charge in [0.25, 0.3) is 5.56 Å². The summed E-state index contributed by atoms with van der Waals surface area (Å²) in [7, 11) is 1.42. The number of nitrogens with zero attached hydrogens (tertiary/aromatic N) is 2. The van der Waals surface area contributed by atoms with Crippen molar-refractivity contribution in [2.75, 3.05) is 7.11 Å². The normalized spacial score (nSPS) is 24.4. The van der Waals surface area contributed by atoms with Crippen LogP contribution in [-0.4, -0.2) is 28.4 Å². The monoisotopic (exact) mass is 298 g/mol. The number of hydrogen-bond acceptors (Lipinski definition) is 4. The third-order valence-electron chi connectivity index (χ3n) is 4.41. The summed E-state index contributed by atoms with van der Waals surface area (Å²) in [4.78, 5) is 16.2. The lowest BCUT2D eigenvalue weighted by Crippen LogP contribution is -2.30. The molecule has 5 nitrogen and oxygen atoms in total. The molecule has 0 N–H and O–H groups in total. The molecule has 0 bridgehead atoms. The molecule has 0 amide bonds. The summed E-state index contributed by atoms with van der Waals surface area (Å²) in [6.45, 7) is 0.515. The molecule has 1 unspecified atom stereocenters. The molecule has 1 spiro atoms. The van der Waals surface area contributed by atoms with Crippen LogP contribution >= 0.6 is 11.6 Å². The van der Waals surface area contributed by atoms with E-state index in [4.69, 9.17) is 21.1 Å². The molecule has 20 heavy (non-hydrogen) atoms. The number of aromatic nitrogens is 2. The van der Waals surface area contributed by atoms with Crippen LogP contribution in [-0.2, 0) is 11.3 Å². The Kier molecular flexibility index (Phi) is 3.73. The van der Waals surface area contributed by atoms with E-state index in [0.29, 0.717) is 6.54 Å². The fourth-order valence-corrected chi connectivity index (χ4v) is 3.58. The zero-order valence-corrected chi connectivity index (χ0v) is 12.4. The largest absolute Gasteiger partial charge is 0.489 e. The minimum Gasteiger partial charge on any atom is -0.489 e. The average Bonchev–Trinajstić information content (AvgIpc) is 3.05. The van der Waals surface area contributed by atoms with Crippen LogP contribution in [0.2, 0.25) is 5.15 Å². The van der Waals surface area contributed by atoms with Crippen LogP contribution in [0.1, 0.15) is 38.5 Å². The molecule has 2 fully saturated rings. The smallest absolute Gasteiger partial charge is 0.297 e. The lowest BCUT2D eigenvalue weighted by molar-refractivity contribution is -0.0422. The molecule has 1 saturated carbocycles. The molecule has 1 aromatic rings. The molecule has 1 atom stereocenters. The highest BCUT2D eigenvalue weighted by Crippen LogP contribution is 2.43. The quantitative estimate of drug-likeness (QED) is 0.804. The van der Waals surface area contributed by atoms with E-state index in [1.807, 2.05) is 0 Å². The summed E-state index contributed by atoms with van der Waals surface area (Å²) in [6.07, 6.45) is 8.46. The first-order chi connectivity index (χ1) is 9.63. The van der Waals surface area contributed by atoms with E-state index in [1.165, 1.54) is 30.8 Å². The van der Waals surface area contributed by atoms with Gasteiger partial charge in [0, 0.05) is 0 Å². The van der Waals surface area contributed by atoms with Crippen molar-refractivity contribution in [2.24, 2.45) is 0 Å². The van der Waals surface area contributed by atoms with Crippen molar-refractivity contribution in [2.45, 2.75) is 56.8 Å². The molecule has 1 aromatic heterocycles. The number of rotatable bonds is 3. The predicted octanol–water partition coefficient (Wildman–Crippen LogP) is 2.40. The van der Waals surface area contributed by atoms with Gasteiger partial charge in [0.1, 0.15) is 0 Å². The van der Waals surface area contributed by atoms with E-state index in [0.717, 1.165) is 25.7 Å². The Hall–Kier alpha value is -1.07. The van der Waals surface area contributed by atoms with Crippen LogP contribution in [0, 0.1) is 0 Å². The molecule has 1 aliphatic carbocycles. The lowest BCUT2D eigenvalue weighted by atomic mass is 9.98. The van der Waals surface area contributed by atoms with Crippen LogP contribution in [0.3, 0.4) is 0 Å². The third-order valence-corrected chi connectivity index (χ3v) is 4.68. The summed E-state index contributed by atoms with van der Waals surface area (Å²) in [5, 5.41) is 0.105. The number of halogens is 1. The Bertz CT molecular complexity index is 552. The summed E-state index contributed by atoms with van der Waals surface area (Å²) in [5.41, 5.74) is -0.165. The zero-order chi connectivity index (χ0) is 14.2. The highest BCUT2D eigenvalue weighted by molar-refractivity contribution is 6.30. The first-order valence-corrected chi connectivity index (χ1v) is 7.48. The maximum absolute atomic E-state index is 12.2. The number of hydrogen-bond donors (Lipinski definition) is 0. The van der Waals surface area contributed by atoms with Crippen LogP contribution < -0.4 is 10.3 Å². The zero-order valence-electron chi connectivity index (χ0n) is 11.6. The van der Waals surface area contributed by atoms with Gasteiger partial charge in [-0.05, 0) is 25.7 Å². The summed E-state index contributed by atoms with van der Waals surface area (Å²) in [5.74, 6) is 0.0998. The van der Waals surface area contributed by atoms with Crippen LogP contribution in [0.5, 0.6) is 5.75 Å². The van der Waals surface area contributed by atoms with Crippen LogP contribution in [0.15, 0.2) is 11.1 Å². The molecule has 1 aliphatic heterocycles. The van der Waals surface area contributed by atoms with Gasteiger partial charge in [0.2, 0.25) is 5.75 Å². The molecule has 0 aromatic carbocycles. The van der Waals surface area contributed by atoms with Crippen molar-refractivity contribution >= 4 is 11.6 Å². The Labute approximate surface area is 122 Å². The molecule has 0 radical (unpaired) electrons. The molecule has 2 aliphatic rings.